The molecule has 0 radical (unpaired) electrons. The van der Waals surface area contributed by atoms with Crippen LogP contribution < -0.4 is 14.5 Å². The predicted octanol–water partition coefficient (Wildman–Crippen LogP) is 2.05. The maximum absolute atomic E-state index is 12.7. The molecule has 2 aliphatic heterocycles. The van der Waals surface area contributed by atoms with Crippen molar-refractivity contribution in [2.75, 3.05) is 18.0 Å². The molecule has 3 amide bonds. The molecule has 0 N–H and O–H groups in total. The van der Waals surface area contributed by atoms with Gasteiger partial charge < -0.3 is 14.5 Å². The summed E-state index contributed by atoms with van der Waals surface area (Å²) in [6, 6.07) is 4.91. The monoisotopic (exact) mass is 439 g/mol. The van der Waals surface area contributed by atoms with Crippen molar-refractivity contribution in [3.63, 3.8) is 0 Å². The molecule has 5 rings (SSSR count). The highest BCUT2D eigenvalue weighted by molar-refractivity contribution is 6.22. The molecule has 2 atom stereocenters. The number of nitrogens with zero attached hydrogens (tertiary/aromatic N) is 5. The van der Waals surface area contributed by atoms with Crippen molar-refractivity contribution in [1.29, 1.82) is 0 Å². The Hall–Kier alpha value is -3.43. The van der Waals surface area contributed by atoms with E-state index < -0.39 is 6.09 Å². The normalized spacial score (nSPS) is 23.9. The highest BCUT2D eigenvalue weighted by Gasteiger charge is 2.48. The van der Waals surface area contributed by atoms with Gasteiger partial charge in [-0.3, -0.25) is 9.59 Å². The third-order valence-corrected chi connectivity index (χ3v) is 6.45. The molecule has 3 aliphatic rings. The number of likely N-dealkylation sites (tertiary alicyclic amines) is 1. The molecule has 10 nitrogen and oxygen atoms in total. The van der Waals surface area contributed by atoms with E-state index in [0.29, 0.717) is 31.6 Å². The molecule has 3 fully saturated rings. The zero-order valence-corrected chi connectivity index (χ0v) is 17.6. The number of imide groups is 1. The van der Waals surface area contributed by atoms with Gasteiger partial charge in [0.05, 0.1) is 36.1 Å². The number of aromatic nitrogens is 3. The second-order valence-electron chi connectivity index (χ2n) is 8.43. The Balaban J connectivity index is 1.16. The molecular formula is C22H25N5O5. The van der Waals surface area contributed by atoms with Crippen molar-refractivity contribution >= 4 is 23.6 Å². The molecule has 0 bridgehead atoms. The Bertz CT molecular complexity index is 961. The van der Waals surface area contributed by atoms with Crippen LogP contribution in [0.5, 0.6) is 5.88 Å². The Labute approximate surface area is 185 Å². The van der Waals surface area contributed by atoms with Crippen molar-refractivity contribution in [3.8, 4) is 5.88 Å². The fraction of sp³-hybridized carbons (Fsp3) is 0.500. The van der Waals surface area contributed by atoms with E-state index in [4.69, 9.17) is 9.57 Å². The molecule has 2 saturated heterocycles. The number of hydrogen-bond donors (Lipinski definition) is 0. The Morgan fingerprint density at radius 2 is 1.72 bits per heavy atom. The lowest BCUT2D eigenvalue weighted by Gasteiger charge is -2.30. The lowest BCUT2D eigenvalue weighted by molar-refractivity contribution is -0.122. The zero-order chi connectivity index (χ0) is 22.1. The minimum atomic E-state index is -0.484. The van der Waals surface area contributed by atoms with Crippen LogP contribution in [0.3, 0.4) is 0 Å². The first-order chi connectivity index (χ1) is 15.6. The smallest absolute Gasteiger partial charge is 0.393 e. The number of ether oxygens (including phenoxy) is 1. The molecule has 2 unspecified atom stereocenters. The molecule has 32 heavy (non-hydrogen) atoms. The van der Waals surface area contributed by atoms with Crippen LogP contribution in [0, 0.1) is 11.8 Å². The molecule has 1 saturated carbocycles. The first-order valence-electron chi connectivity index (χ1n) is 11.1. The van der Waals surface area contributed by atoms with E-state index in [1.165, 1.54) is 22.0 Å². The second-order valence-corrected chi connectivity index (χ2v) is 8.43. The number of fused-ring (bicyclic) bond motifs is 1. The van der Waals surface area contributed by atoms with Gasteiger partial charge in [-0.1, -0.05) is 12.8 Å². The van der Waals surface area contributed by atoms with E-state index in [9.17, 15) is 14.4 Å². The summed E-state index contributed by atoms with van der Waals surface area (Å²) in [5.41, 5.74) is 0.422. The maximum Gasteiger partial charge on any atom is 0.416 e. The number of carbonyl (C=O) groups is 3. The number of carbonyl (C=O) groups excluding carboxylic acids is 3. The fourth-order valence-corrected chi connectivity index (χ4v) is 4.75. The topological polar surface area (TPSA) is 107 Å². The van der Waals surface area contributed by atoms with E-state index >= 15 is 0 Å². The lowest BCUT2D eigenvalue weighted by atomic mass is 9.81. The van der Waals surface area contributed by atoms with E-state index in [-0.39, 0.29) is 35.6 Å². The average molecular weight is 439 g/mol. The second kappa shape index (κ2) is 8.60. The van der Waals surface area contributed by atoms with Gasteiger partial charge in [0.15, 0.2) is 0 Å². The van der Waals surface area contributed by atoms with E-state index in [1.807, 2.05) is 0 Å². The number of amides is 3. The SMILES string of the molecule is O=C(Oc1ccc(N2C(=O)C3CCCCC3C2=O)cn1)N1CCC(On2cccn2)CC1. The number of piperidine rings is 1. The van der Waals surface area contributed by atoms with Crippen LogP contribution >= 0.6 is 0 Å². The van der Waals surface area contributed by atoms with Crippen molar-refractivity contribution in [2.24, 2.45) is 11.8 Å². The highest BCUT2D eigenvalue weighted by atomic mass is 16.7. The molecule has 4 heterocycles. The average Bonchev–Trinajstić information content (AvgIpc) is 3.42. The fourth-order valence-electron chi connectivity index (χ4n) is 4.75. The van der Waals surface area contributed by atoms with E-state index in [1.54, 1.807) is 29.4 Å². The molecule has 1 aliphatic carbocycles. The first kappa shape index (κ1) is 20.5. The molecule has 10 heteroatoms. The van der Waals surface area contributed by atoms with Gasteiger partial charge in [0.25, 0.3) is 0 Å². The molecule has 0 aromatic carbocycles. The third kappa shape index (κ3) is 3.92. The summed E-state index contributed by atoms with van der Waals surface area (Å²) in [5, 5.41) is 4.02. The highest BCUT2D eigenvalue weighted by Crippen LogP contribution is 2.40. The van der Waals surface area contributed by atoms with Gasteiger partial charge in [-0.15, -0.1) is 9.94 Å². The van der Waals surface area contributed by atoms with Gasteiger partial charge in [0.1, 0.15) is 6.10 Å². The van der Waals surface area contributed by atoms with E-state index in [2.05, 4.69) is 10.1 Å². The van der Waals surface area contributed by atoms with Crippen molar-refractivity contribution < 1.29 is 24.0 Å². The van der Waals surface area contributed by atoms with Crippen LogP contribution in [0.2, 0.25) is 0 Å². The van der Waals surface area contributed by atoms with Crippen LogP contribution in [0.4, 0.5) is 10.5 Å². The van der Waals surface area contributed by atoms with Crippen LogP contribution in [0.25, 0.3) is 0 Å². The van der Waals surface area contributed by atoms with Gasteiger partial charge in [0.2, 0.25) is 17.7 Å². The Kier molecular flexibility index (Phi) is 5.50. The molecular weight excluding hydrogens is 414 g/mol. The lowest BCUT2D eigenvalue weighted by Crippen LogP contribution is -2.44. The molecule has 2 aromatic rings. The summed E-state index contributed by atoms with van der Waals surface area (Å²) in [6.45, 7) is 1.00. The van der Waals surface area contributed by atoms with Crippen LogP contribution in [-0.4, -0.2) is 56.9 Å². The number of rotatable bonds is 4. The maximum atomic E-state index is 12.7. The van der Waals surface area contributed by atoms with Crippen LogP contribution in [0.15, 0.2) is 36.8 Å². The molecule has 168 valence electrons. The Morgan fingerprint density at radius 1 is 1.00 bits per heavy atom. The van der Waals surface area contributed by atoms with Crippen LogP contribution in [0.1, 0.15) is 38.5 Å². The van der Waals surface area contributed by atoms with Crippen molar-refractivity contribution in [2.45, 2.75) is 44.6 Å². The van der Waals surface area contributed by atoms with Crippen molar-refractivity contribution in [1.82, 2.24) is 19.8 Å². The first-order valence-corrected chi connectivity index (χ1v) is 11.1. The quantitative estimate of drug-likeness (QED) is 0.671. The van der Waals surface area contributed by atoms with Gasteiger partial charge in [-0.25, -0.2) is 14.7 Å². The van der Waals surface area contributed by atoms with Gasteiger partial charge in [-0.2, -0.15) is 0 Å². The van der Waals surface area contributed by atoms with Crippen LogP contribution in [-0.2, 0) is 9.59 Å². The van der Waals surface area contributed by atoms with Gasteiger partial charge in [-0.05, 0) is 25.0 Å². The van der Waals surface area contributed by atoms with Gasteiger partial charge >= 0.3 is 6.09 Å². The summed E-state index contributed by atoms with van der Waals surface area (Å²) in [5.74, 6) is -0.592. The van der Waals surface area contributed by atoms with Crippen molar-refractivity contribution in [3.05, 3.63) is 36.8 Å². The minimum absolute atomic E-state index is 0.0180. The van der Waals surface area contributed by atoms with E-state index in [0.717, 1.165) is 25.7 Å². The Morgan fingerprint density at radius 3 is 2.31 bits per heavy atom. The molecule has 2 aromatic heterocycles. The third-order valence-electron chi connectivity index (χ3n) is 6.45. The summed E-state index contributed by atoms with van der Waals surface area (Å²) in [6.07, 6.45) is 9.11. The largest absolute Gasteiger partial charge is 0.416 e. The summed E-state index contributed by atoms with van der Waals surface area (Å²) in [7, 11) is 0. The standard InChI is InChI=1S/C22H25N5O5/c28-20-17-4-1-2-5-18(17)21(29)27(20)15-6-7-19(23-14-15)31-22(30)25-12-8-16(9-13-25)32-26-11-3-10-24-26/h3,6-7,10-11,14,16-18H,1-2,4-5,8-9,12-13H2. The molecule has 0 spiro atoms. The zero-order valence-electron chi connectivity index (χ0n) is 17.6. The summed E-state index contributed by atoms with van der Waals surface area (Å²) < 4.78 is 5.39. The predicted molar refractivity (Wildman–Crippen MR) is 112 cm³/mol. The number of anilines is 1. The number of hydrogen-bond acceptors (Lipinski definition) is 7. The summed E-state index contributed by atoms with van der Waals surface area (Å²) >= 11 is 0. The summed E-state index contributed by atoms with van der Waals surface area (Å²) in [4.78, 5) is 52.1. The number of pyridine rings is 1. The minimum Gasteiger partial charge on any atom is -0.393 e. The van der Waals surface area contributed by atoms with Gasteiger partial charge in [0, 0.05) is 32.0 Å².